The fraction of sp³-hybridized carbons (Fsp3) is 0.429. The largest absolute Gasteiger partial charge is 0.328 e. The summed E-state index contributed by atoms with van der Waals surface area (Å²) in [5.41, 5.74) is 0.539. The van der Waals surface area contributed by atoms with E-state index in [1.165, 1.54) is 18.7 Å². The fourth-order valence-electron chi connectivity index (χ4n) is 0.809. The van der Waals surface area contributed by atoms with E-state index in [0.717, 1.165) is 5.16 Å². The number of thioether (sulfide) groups is 1. The molecule has 0 spiro atoms. The van der Waals surface area contributed by atoms with Crippen LogP contribution in [-0.4, -0.2) is 21.6 Å². The highest BCUT2D eigenvalue weighted by atomic mass is 32.2. The molecule has 0 aliphatic heterocycles. The van der Waals surface area contributed by atoms with Crippen LogP contribution in [0.1, 0.15) is 17.4 Å². The van der Waals surface area contributed by atoms with Crippen molar-refractivity contribution >= 4 is 17.5 Å². The van der Waals surface area contributed by atoms with Gasteiger partial charge in [-0.05, 0) is 6.26 Å². The van der Waals surface area contributed by atoms with Gasteiger partial charge in [0.15, 0.2) is 10.9 Å². The number of aromatic nitrogens is 2. The number of imidazole rings is 1. The van der Waals surface area contributed by atoms with Crippen molar-refractivity contribution in [2.75, 3.05) is 6.26 Å². The molecule has 1 aromatic heterocycles. The van der Waals surface area contributed by atoms with Crippen LogP contribution in [0.25, 0.3) is 0 Å². The Balaban J connectivity index is 3.05. The lowest BCUT2D eigenvalue weighted by Gasteiger charge is -1.91. The van der Waals surface area contributed by atoms with Crippen LogP contribution in [0.4, 0.5) is 0 Å². The Bertz CT molecular complexity index is 280. The molecule has 3 nitrogen and oxygen atoms in total. The molecule has 0 amide bonds. The van der Waals surface area contributed by atoms with Crippen LogP contribution < -0.4 is 0 Å². The van der Waals surface area contributed by atoms with E-state index < -0.39 is 0 Å². The number of ketones is 1. The molecule has 1 aromatic rings. The quantitative estimate of drug-likeness (QED) is 0.496. The highest BCUT2D eigenvalue weighted by molar-refractivity contribution is 7.98. The molecule has 1 rings (SSSR count). The van der Waals surface area contributed by atoms with Crippen LogP contribution in [-0.2, 0) is 7.05 Å². The Labute approximate surface area is 69.8 Å². The lowest BCUT2D eigenvalue weighted by Crippen LogP contribution is -1.90. The first-order valence-corrected chi connectivity index (χ1v) is 4.46. The molecule has 0 saturated heterocycles. The molecule has 11 heavy (non-hydrogen) atoms. The van der Waals surface area contributed by atoms with Gasteiger partial charge in [0.05, 0.1) is 0 Å². The minimum Gasteiger partial charge on any atom is -0.328 e. The van der Waals surface area contributed by atoms with Gasteiger partial charge in [0.1, 0.15) is 5.69 Å². The summed E-state index contributed by atoms with van der Waals surface area (Å²) in [5, 5.41) is 0.871. The summed E-state index contributed by atoms with van der Waals surface area (Å²) >= 11 is 1.53. The second-order valence-corrected chi connectivity index (χ2v) is 3.05. The molecule has 60 valence electrons. The maximum Gasteiger partial charge on any atom is 0.179 e. The maximum atomic E-state index is 10.8. The molecule has 0 unspecified atom stereocenters. The highest BCUT2D eigenvalue weighted by Gasteiger charge is 2.06. The van der Waals surface area contributed by atoms with Crippen molar-refractivity contribution in [1.29, 1.82) is 0 Å². The second kappa shape index (κ2) is 3.09. The number of carbonyl (C=O) groups is 1. The first-order chi connectivity index (χ1) is 5.15. The van der Waals surface area contributed by atoms with Crippen LogP contribution in [0, 0.1) is 0 Å². The van der Waals surface area contributed by atoms with Crippen molar-refractivity contribution in [3.8, 4) is 0 Å². The van der Waals surface area contributed by atoms with E-state index in [4.69, 9.17) is 0 Å². The van der Waals surface area contributed by atoms with Gasteiger partial charge in [-0.3, -0.25) is 4.79 Å². The summed E-state index contributed by atoms with van der Waals surface area (Å²) in [5.74, 6) is 0.0147. The average Bonchev–Trinajstić information content (AvgIpc) is 2.31. The molecule has 0 aliphatic carbocycles. The van der Waals surface area contributed by atoms with E-state index in [-0.39, 0.29) is 5.78 Å². The number of hydrogen-bond acceptors (Lipinski definition) is 3. The molecule has 4 heteroatoms. The molecule has 0 radical (unpaired) electrons. The normalized spacial score (nSPS) is 10.1. The maximum absolute atomic E-state index is 10.8. The van der Waals surface area contributed by atoms with Crippen molar-refractivity contribution in [1.82, 2.24) is 9.55 Å². The monoisotopic (exact) mass is 170 g/mol. The molecule has 0 fully saturated rings. The zero-order valence-electron chi connectivity index (χ0n) is 6.79. The van der Waals surface area contributed by atoms with Gasteiger partial charge in [-0.2, -0.15) is 0 Å². The van der Waals surface area contributed by atoms with Crippen molar-refractivity contribution in [3.63, 3.8) is 0 Å². The van der Waals surface area contributed by atoms with Gasteiger partial charge in [-0.1, -0.05) is 11.8 Å². The zero-order chi connectivity index (χ0) is 8.43. The Hall–Kier alpha value is -0.770. The Kier molecular flexibility index (Phi) is 2.34. The summed E-state index contributed by atoms with van der Waals surface area (Å²) in [6.07, 6.45) is 3.68. The van der Waals surface area contributed by atoms with Gasteiger partial charge < -0.3 is 4.57 Å². The smallest absolute Gasteiger partial charge is 0.179 e. The van der Waals surface area contributed by atoms with E-state index in [0.29, 0.717) is 5.69 Å². The zero-order valence-corrected chi connectivity index (χ0v) is 7.60. The standard InChI is InChI=1S/C7H10N2OS/c1-5(10)6-4-9(2)7(8-6)11-3/h4H,1-3H3. The highest BCUT2D eigenvalue weighted by Crippen LogP contribution is 2.12. The average molecular weight is 170 g/mol. The van der Waals surface area contributed by atoms with E-state index in [2.05, 4.69) is 4.98 Å². The number of rotatable bonds is 2. The van der Waals surface area contributed by atoms with E-state index in [1.807, 2.05) is 17.9 Å². The number of Topliss-reactive ketones (excluding diaryl/α,β-unsaturated/α-hetero) is 1. The molecule has 1 heterocycles. The summed E-state index contributed by atoms with van der Waals surface area (Å²) < 4.78 is 1.85. The Morgan fingerprint density at radius 1 is 1.73 bits per heavy atom. The first-order valence-electron chi connectivity index (χ1n) is 3.23. The van der Waals surface area contributed by atoms with Crippen molar-refractivity contribution in [2.24, 2.45) is 7.05 Å². The van der Waals surface area contributed by atoms with E-state index in [9.17, 15) is 4.79 Å². The van der Waals surface area contributed by atoms with Gasteiger partial charge >= 0.3 is 0 Å². The van der Waals surface area contributed by atoms with Crippen LogP contribution in [0.15, 0.2) is 11.4 Å². The Morgan fingerprint density at radius 3 is 2.64 bits per heavy atom. The molecule has 0 N–H and O–H groups in total. The van der Waals surface area contributed by atoms with E-state index >= 15 is 0 Å². The third kappa shape index (κ3) is 1.63. The fourth-order valence-corrected chi connectivity index (χ4v) is 1.34. The Morgan fingerprint density at radius 2 is 2.36 bits per heavy atom. The SMILES string of the molecule is CSc1nc(C(C)=O)cn1C. The third-order valence-corrected chi connectivity index (χ3v) is 2.12. The van der Waals surface area contributed by atoms with Gasteiger partial charge in [0, 0.05) is 20.2 Å². The van der Waals surface area contributed by atoms with Crippen molar-refractivity contribution in [3.05, 3.63) is 11.9 Å². The summed E-state index contributed by atoms with van der Waals surface area (Å²) in [6.45, 7) is 1.52. The molecular weight excluding hydrogens is 160 g/mol. The number of carbonyl (C=O) groups excluding carboxylic acids is 1. The summed E-state index contributed by atoms with van der Waals surface area (Å²) in [7, 11) is 1.88. The number of aryl methyl sites for hydroxylation is 1. The topological polar surface area (TPSA) is 34.9 Å². The molecule has 0 aromatic carbocycles. The minimum absolute atomic E-state index is 0.0147. The summed E-state index contributed by atoms with van der Waals surface area (Å²) in [6, 6.07) is 0. The summed E-state index contributed by atoms with van der Waals surface area (Å²) in [4.78, 5) is 14.9. The van der Waals surface area contributed by atoms with Crippen LogP contribution in [0.2, 0.25) is 0 Å². The van der Waals surface area contributed by atoms with Crippen LogP contribution in [0.5, 0.6) is 0 Å². The van der Waals surface area contributed by atoms with Crippen LogP contribution in [0.3, 0.4) is 0 Å². The van der Waals surface area contributed by atoms with Crippen LogP contribution >= 0.6 is 11.8 Å². The predicted molar refractivity (Wildman–Crippen MR) is 45.0 cm³/mol. The number of hydrogen-bond donors (Lipinski definition) is 0. The minimum atomic E-state index is 0.0147. The molecular formula is C7H10N2OS. The molecule has 0 saturated carbocycles. The van der Waals surface area contributed by atoms with Gasteiger partial charge in [-0.15, -0.1) is 0 Å². The first kappa shape index (κ1) is 8.33. The van der Waals surface area contributed by atoms with Crippen molar-refractivity contribution in [2.45, 2.75) is 12.1 Å². The van der Waals surface area contributed by atoms with Gasteiger partial charge in [0.25, 0.3) is 0 Å². The second-order valence-electron chi connectivity index (χ2n) is 2.28. The predicted octanol–water partition coefficient (Wildman–Crippen LogP) is 1.34. The van der Waals surface area contributed by atoms with Crippen molar-refractivity contribution < 1.29 is 4.79 Å². The lowest BCUT2D eigenvalue weighted by atomic mass is 10.3. The number of nitrogens with zero attached hydrogens (tertiary/aromatic N) is 2. The van der Waals surface area contributed by atoms with Gasteiger partial charge in [-0.25, -0.2) is 4.98 Å². The molecule has 0 atom stereocenters. The van der Waals surface area contributed by atoms with E-state index in [1.54, 1.807) is 6.20 Å². The van der Waals surface area contributed by atoms with Gasteiger partial charge in [0.2, 0.25) is 0 Å². The molecule has 0 aliphatic rings. The molecule has 0 bridgehead atoms. The third-order valence-electron chi connectivity index (χ3n) is 1.38. The lowest BCUT2D eigenvalue weighted by molar-refractivity contribution is 0.101.